The van der Waals surface area contributed by atoms with Gasteiger partial charge in [0.1, 0.15) is 5.69 Å². The van der Waals surface area contributed by atoms with E-state index >= 15 is 0 Å². The van der Waals surface area contributed by atoms with Crippen molar-refractivity contribution in [3.8, 4) is 0 Å². The van der Waals surface area contributed by atoms with Gasteiger partial charge in [0.2, 0.25) is 5.89 Å². The Morgan fingerprint density at radius 3 is 2.79 bits per heavy atom. The smallest absolute Gasteiger partial charge is 0.272 e. The number of hydrogen-bond acceptors (Lipinski definition) is 7. The van der Waals surface area contributed by atoms with E-state index in [0.717, 1.165) is 44.8 Å². The van der Waals surface area contributed by atoms with Crippen LogP contribution in [-0.4, -0.2) is 69.7 Å². The lowest BCUT2D eigenvalue weighted by molar-refractivity contribution is 0.00915. The first kappa shape index (κ1) is 20.0. The molecule has 0 N–H and O–H groups in total. The number of piperidine rings is 1. The van der Waals surface area contributed by atoms with E-state index in [4.69, 9.17) is 14.0 Å². The van der Waals surface area contributed by atoms with E-state index in [-0.39, 0.29) is 12.0 Å². The predicted molar refractivity (Wildman–Crippen MR) is 104 cm³/mol. The summed E-state index contributed by atoms with van der Waals surface area (Å²) in [6.45, 7) is 6.16. The average Bonchev–Trinajstić information content (AvgIpc) is 3.44. The Morgan fingerprint density at radius 2 is 2.03 bits per heavy atom. The van der Waals surface area contributed by atoms with Crippen LogP contribution in [0.4, 0.5) is 0 Å². The summed E-state index contributed by atoms with van der Waals surface area (Å²) in [6, 6.07) is 1.79. The molecule has 1 amide bonds. The molecule has 0 spiro atoms. The lowest BCUT2D eigenvalue weighted by Gasteiger charge is -2.32. The summed E-state index contributed by atoms with van der Waals surface area (Å²) in [7, 11) is 0. The van der Waals surface area contributed by atoms with Crippen molar-refractivity contribution in [2.45, 2.75) is 57.6 Å². The number of aryl methyl sites for hydroxylation is 1. The summed E-state index contributed by atoms with van der Waals surface area (Å²) < 4.78 is 18.5. The third-order valence-electron chi connectivity index (χ3n) is 5.70. The Bertz CT molecular complexity index is 790. The highest BCUT2D eigenvalue weighted by molar-refractivity contribution is 5.92. The number of rotatable bonds is 7. The van der Waals surface area contributed by atoms with E-state index in [9.17, 15) is 4.79 Å². The molecule has 0 aliphatic carbocycles. The average molecular weight is 403 g/mol. The fourth-order valence-corrected chi connectivity index (χ4v) is 3.95. The van der Waals surface area contributed by atoms with Gasteiger partial charge in [0.05, 0.1) is 12.7 Å². The van der Waals surface area contributed by atoms with Crippen LogP contribution in [0.5, 0.6) is 0 Å². The van der Waals surface area contributed by atoms with E-state index in [1.807, 2.05) is 11.8 Å². The van der Waals surface area contributed by atoms with Gasteiger partial charge in [-0.2, -0.15) is 10.1 Å². The second kappa shape index (κ2) is 9.49. The molecule has 9 nitrogen and oxygen atoms in total. The minimum absolute atomic E-state index is 0.0511. The maximum Gasteiger partial charge on any atom is 0.272 e. The van der Waals surface area contributed by atoms with Crippen molar-refractivity contribution in [1.29, 1.82) is 0 Å². The highest BCUT2D eigenvalue weighted by Crippen LogP contribution is 2.25. The van der Waals surface area contributed by atoms with E-state index in [2.05, 4.69) is 15.2 Å². The number of likely N-dealkylation sites (tertiary alicyclic amines) is 1. The molecule has 9 heteroatoms. The van der Waals surface area contributed by atoms with Crippen molar-refractivity contribution in [1.82, 2.24) is 24.8 Å². The molecule has 2 saturated heterocycles. The van der Waals surface area contributed by atoms with Crippen LogP contribution in [0, 0.1) is 0 Å². The normalized spacial score (nSPS) is 19.0. The van der Waals surface area contributed by atoms with Gasteiger partial charge in [-0.3, -0.25) is 9.48 Å². The summed E-state index contributed by atoms with van der Waals surface area (Å²) >= 11 is 0. The monoisotopic (exact) mass is 403 g/mol. The minimum Gasteiger partial charge on any atom is -0.381 e. The molecule has 29 heavy (non-hydrogen) atoms. The van der Waals surface area contributed by atoms with E-state index in [0.29, 0.717) is 50.1 Å². The Kier molecular flexibility index (Phi) is 6.56. The number of carbonyl (C=O) groups excluding carboxylic acids is 1. The highest BCUT2D eigenvalue weighted by Gasteiger charge is 2.26. The fraction of sp³-hybridized carbons (Fsp3) is 0.700. The molecule has 0 bridgehead atoms. The second-order valence-electron chi connectivity index (χ2n) is 7.58. The maximum atomic E-state index is 12.7. The van der Waals surface area contributed by atoms with Gasteiger partial charge in [-0.05, 0) is 38.7 Å². The first-order valence-corrected chi connectivity index (χ1v) is 10.6. The van der Waals surface area contributed by atoms with Crippen LogP contribution in [0.1, 0.15) is 60.7 Å². The molecule has 4 rings (SSSR count). The molecule has 0 atom stereocenters. The number of carbonyl (C=O) groups is 1. The number of aromatic nitrogens is 4. The van der Waals surface area contributed by atoms with Crippen LogP contribution in [-0.2, 0) is 22.4 Å². The van der Waals surface area contributed by atoms with Gasteiger partial charge in [0.25, 0.3) is 5.91 Å². The molecule has 158 valence electrons. The minimum atomic E-state index is 0.0511. The van der Waals surface area contributed by atoms with E-state index in [1.165, 1.54) is 0 Å². The molecular weight excluding hydrogens is 374 g/mol. The zero-order valence-corrected chi connectivity index (χ0v) is 17.0. The third kappa shape index (κ3) is 4.84. The van der Waals surface area contributed by atoms with Crippen LogP contribution in [0.3, 0.4) is 0 Å². The third-order valence-corrected chi connectivity index (χ3v) is 5.70. The van der Waals surface area contributed by atoms with Gasteiger partial charge in [0, 0.05) is 51.4 Å². The number of amides is 1. The van der Waals surface area contributed by atoms with E-state index in [1.54, 1.807) is 16.9 Å². The van der Waals surface area contributed by atoms with E-state index < -0.39 is 0 Å². The summed E-state index contributed by atoms with van der Waals surface area (Å²) in [5, 5.41) is 8.27. The second-order valence-corrected chi connectivity index (χ2v) is 7.58. The topological polar surface area (TPSA) is 95.5 Å². The standard InChI is InChI=1S/C20H29N5O4/c1-2-25-17(3-9-21-25)20(26)24-10-4-16(5-11-24)28-14-8-18-22-19(29-23-18)15-6-12-27-13-7-15/h3,9,15-16H,2,4-8,10-14H2,1H3. The number of nitrogens with zero attached hydrogens (tertiary/aromatic N) is 5. The van der Waals surface area contributed by atoms with Crippen molar-refractivity contribution in [3.05, 3.63) is 29.7 Å². The number of hydrogen-bond donors (Lipinski definition) is 0. The fourth-order valence-electron chi connectivity index (χ4n) is 3.95. The summed E-state index contributed by atoms with van der Waals surface area (Å²) in [4.78, 5) is 19.1. The highest BCUT2D eigenvalue weighted by atomic mass is 16.5. The largest absolute Gasteiger partial charge is 0.381 e. The van der Waals surface area contributed by atoms with Crippen molar-refractivity contribution in [3.63, 3.8) is 0 Å². The van der Waals surface area contributed by atoms with Crippen molar-refractivity contribution < 1.29 is 18.8 Å². The Balaban J connectivity index is 1.19. The Labute approximate surface area is 170 Å². The molecular formula is C20H29N5O4. The molecule has 2 aliphatic rings. The number of ether oxygens (including phenoxy) is 2. The van der Waals surface area contributed by atoms with Crippen molar-refractivity contribution in [2.75, 3.05) is 32.9 Å². The molecule has 2 aromatic heterocycles. The van der Waals surface area contributed by atoms with Gasteiger partial charge in [-0.15, -0.1) is 0 Å². The molecule has 0 radical (unpaired) electrons. The predicted octanol–water partition coefficient (Wildman–Crippen LogP) is 2.04. The molecule has 2 aliphatic heterocycles. The Morgan fingerprint density at radius 1 is 1.24 bits per heavy atom. The Hall–Kier alpha value is -2.26. The van der Waals surface area contributed by atoms with Crippen LogP contribution >= 0.6 is 0 Å². The zero-order valence-electron chi connectivity index (χ0n) is 17.0. The SMILES string of the molecule is CCn1nccc1C(=O)N1CCC(OCCc2noc(C3CCOCC3)n2)CC1. The van der Waals surface area contributed by atoms with Gasteiger partial charge in [-0.25, -0.2) is 0 Å². The summed E-state index contributed by atoms with van der Waals surface area (Å²) in [6.07, 6.45) is 6.04. The van der Waals surface area contributed by atoms with Crippen molar-refractivity contribution in [2.24, 2.45) is 0 Å². The van der Waals surface area contributed by atoms with Gasteiger partial charge in [0.15, 0.2) is 5.82 Å². The summed E-state index contributed by atoms with van der Waals surface area (Å²) in [5.74, 6) is 1.79. The maximum absolute atomic E-state index is 12.7. The molecule has 0 saturated carbocycles. The van der Waals surface area contributed by atoms with Crippen LogP contribution in [0.15, 0.2) is 16.8 Å². The van der Waals surface area contributed by atoms with Gasteiger partial charge in [-0.1, -0.05) is 5.16 Å². The van der Waals surface area contributed by atoms with Crippen LogP contribution in [0.2, 0.25) is 0 Å². The summed E-state index contributed by atoms with van der Waals surface area (Å²) in [5.41, 5.74) is 0.657. The van der Waals surface area contributed by atoms with Crippen LogP contribution < -0.4 is 0 Å². The van der Waals surface area contributed by atoms with Gasteiger partial charge < -0.3 is 18.9 Å². The first-order chi connectivity index (χ1) is 14.2. The molecule has 4 heterocycles. The first-order valence-electron chi connectivity index (χ1n) is 10.6. The molecule has 2 aromatic rings. The molecule has 0 aromatic carbocycles. The quantitative estimate of drug-likeness (QED) is 0.698. The molecule has 2 fully saturated rings. The molecule has 0 unspecified atom stereocenters. The van der Waals surface area contributed by atoms with Crippen molar-refractivity contribution >= 4 is 5.91 Å². The lowest BCUT2D eigenvalue weighted by atomic mass is 10.0. The van der Waals surface area contributed by atoms with Gasteiger partial charge >= 0.3 is 0 Å². The zero-order chi connectivity index (χ0) is 20.1. The van der Waals surface area contributed by atoms with Crippen LogP contribution in [0.25, 0.3) is 0 Å². The lowest BCUT2D eigenvalue weighted by Crippen LogP contribution is -2.41.